The molecule has 2 aliphatic heterocycles. The van der Waals surface area contributed by atoms with Gasteiger partial charge in [0, 0.05) is 48.7 Å². The Hall–Kier alpha value is -1.11. The SMILES string of the molecule is Cl.O=C(NCC1CNC1)C1CC(=O)N(c2cccc(Br)c2)C1. The summed E-state index contributed by atoms with van der Waals surface area (Å²) in [7, 11) is 0. The van der Waals surface area contributed by atoms with Gasteiger partial charge in [0.25, 0.3) is 0 Å². The van der Waals surface area contributed by atoms with Gasteiger partial charge >= 0.3 is 0 Å². The first-order chi connectivity index (χ1) is 10.1. The Morgan fingerprint density at radius 3 is 2.82 bits per heavy atom. The molecule has 0 radical (unpaired) electrons. The summed E-state index contributed by atoms with van der Waals surface area (Å²) >= 11 is 3.41. The number of anilines is 1. The van der Waals surface area contributed by atoms with Crippen LogP contribution in [0.1, 0.15) is 6.42 Å². The summed E-state index contributed by atoms with van der Waals surface area (Å²) in [6.07, 6.45) is 0.293. The Morgan fingerprint density at radius 2 is 2.18 bits per heavy atom. The van der Waals surface area contributed by atoms with Crippen molar-refractivity contribution in [1.29, 1.82) is 0 Å². The van der Waals surface area contributed by atoms with E-state index < -0.39 is 0 Å². The summed E-state index contributed by atoms with van der Waals surface area (Å²) in [6, 6.07) is 7.60. The number of benzene rings is 1. The number of carbonyl (C=O) groups is 2. The van der Waals surface area contributed by atoms with Crippen LogP contribution in [0.2, 0.25) is 0 Å². The molecule has 2 fully saturated rings. The molecule has 7 heteroatoms. The fraction of sp³-hybridized carbons (Fsp3) is 0.467. The topological polar surface area (TPSA) is 61.4 Å². The number of halogens is 2. The highest BCUT2D eigenvalue weighted by atomic mass is 79.9. The van der Waals surface area contributed by atoms with Crippen LogP contribution in [-0.2, 0) is 9.59 Å². The number of nitrogens with one attached hydrogen (secondary N) is 2. The van der Waals surface area contributed by atoms with Crippen molar-refractivity contribution in [2.45, 2.75) is 6.42 Å². The van der Waals surface area contributed by atoms with Crippen LogP contribution >= 0.6 is 28.3 Å². The summed E-state index contributed by atoms with van der Waals surface area (Å²) in [6.45, 7) is 3.10. The molecular weight excluding hydrogens is 370 g/mol. The molecule has 2 N–H and O–H groups in total. The van der Waals surface area contributed by atoms with E-state index in [-0.39, 0.29) is 30.1 Å². The Morgan fingerprint density at radius 1 is 1.41 bits per heavy atom. The predicted molar refractivity (Wildman–Crippen MR) is 91.2 cm³/mol. The monoisotopic (exact) mass is 387 g/mol. The molecule has 3 rings (SSSR count). The number of hydrogen-bond acceptors (Lipinski definition) is 3. The summed E-state index contributed by atoms with van der Waals surface area (Å²) in [5, 5.41) is 6.14. The Kier molecular flexibility index (Phi) is 5.83. The third-order valence-corrected chi connectivity index (χ3v) is 4.54. The van der Waals surface area contributed by atoms with E-state index >= 15 is 0 Å². The maximum Gasteiger partial charge on any atom is 0.227 e. The molecule has 2 amide bonds. The Labute approximate surface area is 144 Å². The molecule has 0 saturated carbocycles. The molecule has 0 spiro atoms. The zero-order valence-electron chi connectivity index (χ0n) is 12.0. The minimum atomic E-state index is -0.246. The minimum absolute atomic E-state index is 0. The summed E-state index contributed by atoms with van der Waals surface area (Å²) in [5.74, 6) is 0.295. The number of carbonyl (C=O) groups excluding carboxylic acids is 2. The normalized spacial score (nSPS) is 21.2. The van der Waals surface area contributed by atoms with Gasteiger partial charge in [0.15, 0.2) is 0 Å². The fourth-order valence-electron chi connectivity index (χ4n) is 2.66. The molecule has 1 unspecified atom stereocenters. The van der Waals surface area contributed by atoms with Crippen molar-refractivity contribution in [2.24, 2.45) is 11.8 Å². The van der Waals surface area contributed by atoms with Crippen LogP contribution in [0.4, 0.5) is 5.69 Å². The Balaban J connectivity index is 0.00000176. The van der Waals surface area contributed by atoms with E-state index in [1.165, 1.54) is 0 Å². The van der Waals surface area contributed by atoms with Gasteiger partial charge in [0.2, 0.25) is 11.8 Å². The van der Waals surface area contributed by atoms with Gasteiger partial charge in [-0.3, -0.25) is 9.59 Å². The highest BCUT2D eigenvalue weighted by Gasteiger charge is 2.35. The van der Waals surface area contributed by atoms with Crippen molar-refractivity contribution in [3.63, 3.8) is 0 Å². The third-order valence-electron chi connectivity index (χ3n) is 4.05. The molecule has 5 nitrogen and oxygen atoms in total. The quantitative estimate of drug-likeness (QED) is 0.823. The summed E-state index contributed by atoms with van der Waals surface area (Å²) in [4.78, 5) is 26.0. The van der Waals surface area contributed by atoms with Crippen molar-refractivity contribution in [2.75, 3.05) is 31.1 Å². The molecule has 1 aromatic carbocycles. The first-order valence-corrected chi connectivity index (χ1v) is 7.97. The second-order valence-corrected chi connectivity index (χ2v) is 6.57. The zero-order valence-corrected chi connectivity index (χ0v) is 14.5. The van der Waals surface area contributed by atoms with E-state index in [0.29, 0.717) is 25.4 Å². The molecule has 120 valence electrons. The molecule has 2 aliphatic rings. The van der Waals surface area contributed by atoms with E-state index in [1.54, 1.807) is 4.90 Å². The molecule has 1 aromatic rings. The second kappa shape index (κ2) is 7.44. The van der Waals surface area contributed by atoms with Crippen LogP contribution in [0.25, 0.3) is 0 Å². The van der Waals surface area contributed by atoms with E-state index in [1.807, 2.05) is 24.3 Å². The molecule has 0 aromatic heterocycles. The predicted octanol–water partition coefficient (Wildman–Crippen LogP) is 1.56. The first kappa shape index (κ1) is 17.2. The average Bonchev–Trinajstić information content (AvgIpc) is 2.79. The maximum atomic E-state index is 12.2. The van der Waals surface area contributed by atoms with Crippen molar-refractivity contribution in [1.82, 2.24) is 10.6 Å². The van der Waals surface area contributed by atoms with Crippen molar-refractivity contribution >= 4 is 45.8 Å². The van der Waals surface area contributed by atoms with Crippen LogP contribution in [-0.4, -0.2) is 38.0 Å². The van der Waals surface area contributed by atoms with Crippen LogP contribution in [0.3, 0.4) is 0 Å². The van der Waals surface area contributed by atoms with E-state index in [4.69, 9.17) is 0 Å². The van der Waals surface area contributed by atoms with Gasteiger partial charge < -0.3 is 15.5 Å². The van der Waals surface area contributed by atoms with Gasteiger partial charge in [-0.2, -0.15) is 0 Å². The molecular formula is C15H19BrClN3O2. The largest absolute Gasteiger partial charge is 0.355 e. The van der Waals surface area contributed by atoms with E-state index in [2.05, 4.69) is 26.6 Å². The second-order valence-electron chi connectivity index (χ2n) is 5.65. The van der Waals surface area contributed by atoms with Crippen LogP contribution in [0.5, 0.6) is 0 Å². The third kappa shape index (κ3) is 3.80. The lowest BCUT2D eigenvalue weighted by molar-refractivity contribution is -0.126. The van der Waals surface area contributed by atoms with Gasteiger partial charge in [-0.25, -0.2) is 0 Å². The molecule has 1 atom stereocenters. The average molecular weight is 389 g/mol. The fourth-order valence-corrected chi connectivity index (χ4v) is 3.05. The first-order valence-electron chi connectivity index (χ1n) is 7.18. The Bertz CT molecular complexity index is 565. The minimum Gasteiger partial charge on any atom is -0.355 e. The molecule has 2 heterocycles. The molecule has 0 aliphatic carbocycles. The van der Waals surface area contributed by atoms with Crippen LogP contribution in [0, 0.1) is 11.8 Å². The number of nitrogens with zero attached hydrogens (tertiary/aromatic N) is 1. The lowest BCUT2D eigenvalue weighted by atomic mass is 10.0. The summed E-state index contributed by atoms with van der Waals surface area (Å²) in [5.41, 5.74) is 0.841. The highest BCUT2D eigenvalue weighted by molar-refractivity contribution is 9.10. The highest BCUT2D eigenvalue weighted by Crippen LogP contribution is 2.27. The molecule has 22 heavy (non-hydrogen) atoms. The van der Waals surface area contributed by atoms with Crippen molar-refractivity contribution in [3.8, 4) is 0 Å². The lowest BCUT2D eigenvalue weighted by Gasteiger charge is -2.27. The maximum absolute atomic E-state index is 12.2. The van der Waals surface area contributed by atoms with E-state index in [9.17, 15) is 9.59 Å². The van der Waals surface area contributed by atoms with Crippen LogP contribution in [0.15, 0.2) is 28.7 Å². The van der Waals surface area contributed by atoms with Crippen LogP contribution < -0.4 is 15.5 Å². The van der Waals surface area contributed by atoms with Crippen molar-refractivity contribution in [3.05, 3.63) is 28.7 Å². The number of hydrogen-bond donors (Lipinski definition) is 2. The zero-order chi connectivity index (χ0) is 14.8. The van der Waals surface area contributed by atoms with E-state index in [0.717, 1.165) is 23.2 Å². The van der Waals surface area contributed by atoms with Gasteiger partial charge in [-0.15, -0.1) is 12.4 Å². The number of rotatable bonds is 4. The summed E-state index contributed by atoms with van der Waals surface area (Å²) < 4.78 is 0.929. The van der Waals surface area contributed by atoms with Crippen molar-refractivity contribution < 1.29 is 9.59 Å². The van der Waals surface area contributed by atoms with Gasteiger partial charge in [0.1, 0.15) is 0 Å². The van der Waals surface area contributed by atoms with Gasteiger partial charge in [0.05, 0.1) is 5.92 Å². The number of amides is 2. The standard InChI is InChI=1S/C15H18BrN3O2.ClH/c16-12-2-1-3-13(5-12)19-9-11(4-14(19)20)15(21)18-8-10-6-17-7-10;/h1-3,5,10-11,17H,4,6-9H2,(H,18,21);1H. The lowest BCUT2D eigenvalue weighted by Crippen LogP contribution is -2.49. The molecule has 0 bridgehead atoms. The van der Waals surface area contributed by atoms with Gasteiger partial charge in [-0.1, -0.05) is 22.0 Å². The smallest absolute Gasteiger partial charge is 0.227 e. The van der Waals surface area contributed by atoms with Gasteiger partial charge in [-0.05, 0) is 18.2 Å². The molecule has 2 saturated heterocycles.